The molecular weight excluding hydrogens is 387 g/mol. The van der Waals surface area contributed by atoms with Gasteiger partial charge in [0.2, 0.25) is 0 Å². The largest absolute Gasteiger partial charge is 0.573 e. The Morgan fingerprint density at radius 2 is 2.00 bits per heavy atom. The topological polar surface area (TPSA) is 84.0 Å². The highest BCUT2D eigenvalue weighted by Gasteiger charge is 2.31. The number of nitrogens with zero attached hydrogens (tertiary/aromatic N) is 4. The molecule has 3 aromatic rings. The molecule has 0 bridgehead atoms. The maximum Gasteiger partial charge on any atom is 0.573 e. The molecule has 4 rings (SSSR count). The number of benzene rings is 1. The molecule has 0 saturated carbocycles. The molecule has 1 N–H and O–H groups in total. The number of fused-ring (bicyclic) bond motifs is 1. The van der Waals surface area contributed by atoms with Crippen LogP contribution in [0.3, 0.4) is 0 Å². The Balaban J connectivity index is 1.51. The highest BCUT2D eigenvalue weighted by Crippen LogP contribution is 2.25. The van der Waals surface area contributed by atoms with E-state index < -0.39 is 6.36 Å². The second kappa shape index (κ2) is 7.63. The molecular formula is C19H16F3N5O2. The van der Waals surface area contributed by atoms with E-state index in [0.717, 1.165) is 0 Å². The molecule has 0 radical (unpaired) electrons. The van der Waals surface area contributed by atoms with Gasteiger partial charge in [-0.05, 0) is 17.7 Å². The second-order valence-electron chi connectivity index (χ2n) is 6.62. The van der Waals surface area contributed by atoms with Crippen molar-refractivity contribution in [2.75, 3.05) is 6.54 Å². The summed E-state index contributed by atoms with van der Waals surface area (Å²) < 4.78 is 41.2. The van der Waals surface area contributed by atoms with Crippen molar-refractivity contribution in [2.24, 2.45) is 0 Å². The maximum absolute atomic E-state index is 12.6. The van der Waals surface area contributed by atoms with Crippen molar-refractivity contribution >= 4 is 0 Å². The molecule has 3 heterocycles. The Bertz CT molecular complexity index is 1070. The summed E-state index contributed by atoms with van der Waals surface area (Å²) in [6.45, 7) is 1.37. The van der Waals surface area contributed by atoms with Gasteiger partial charge in [0.05, 0.1) is 16.8 Å². The maximum atomic E-state index is 12.6. The molecule has 150 valence electrons. The van der Waals surface area contributed by atoms with E-state index in [1.54, 1.807) is 18.5 Å². The predicted octanol–water partition coefficient (Wildman–Crippen LogP) is 2.68. The molecule has 0 fully saturated rings. The number of aromatic nitrogens is 4. The van der Waals surface area contributed by atoms with Gasteiger partial charge in [0.25, 0.3) is 5.56 Å². The van der Waals surface area contributed by atoms with Crippen molar-refractivity contribution in [3.63, 3.8) is 0 Å². The van der Waals surface area contributed by atoms with Crippen molar-refractivity contribution < 1.29 is 17.9 Å². The smallest absolute Gasteiger partial charge is 0.406 e. The highest BCUT2D eigenvalue weighted by atomic mass is 19.4. The quantitative estimate of drug-likeness (QED) is 0.721. The van der Waals surface area contributed by atoms with Gasteiger partial charge >= 0.3 is 6.36 Å². The zero-order valence-corrected chi connectivity index (χ0v) is 15.1. The standard InChI is InChI=1S/C19H16F3N5O2/c20-19(21,22)29-14-3-1-2-12(6-14)9-27-5-4-16-15(10-27)18(28)26-17(25-16)13-7-23-11-24-8-13/h1-3,6-8,11H,4-5,9-10H2,(H,25,26,28). The Morgan fingerprint density at radius 3 is 2.76 bits per heavy atom. The van der Waals surface area contributed by atoms with Gasteiger partial charge in [0.15, 0.2) is 0 Å². The molecule has 0 spiro atoms. The van der Waals surface area contributed by atoms with Crippen LogP contribution in [0.15, 0.2) is 47.8 Å². The number of H-pyrrole nitrogens is 1. The minimum absolute atomic E-state index is 0.243. The fourth-order valence-corrected chi connectivity index (χ4v) is 3.27. The highest BCUT2D eigenvalue weighted by molar-refractivity contribution is 5.52. The normalized spacial score (nSPS) is 14.4. The number of rotatable bonds is 4. The predicted molar refractivity (Wildman–Crippen MR) is 96.8 cm³/mol. The van der Waals surface area contributed by atoms with Gasteiger partial charge < -0.3 is 9.72 Å². The molecule has 0 amide bonds. The van der Waals surface area contributed by atoms with Crippen molar-refractivity contribution in [2.45, 2.75) is 25.9 Å². The van der Waals surface area contributed by atoms with Crippen LogP contribution in [0.5, 0.6) is 5.75 Å². The molecule has 1 aliphatic heterocycles. The number of aromatic amines is 1. The van der Waals surface area contributed by atoms with E-state index in [1.165, 1.54) is 24.5 Å². The summed E-state index contributed by atoms with van der Waals surface area (Å²) in [6, 6.07) is 5.84. The van der Waals surface area contributed by atoms with Crippen LogP contribution in [-0.4, -0.2) is 37.7 Å². The van der Waals surface area contributed by atoms with Crippen LogP contribution in [0.25, 0.3) is 11.4 Å². The summed E-state index contributed by atoms with van der Waals surface area (Å²) in [5.41, 5.74) is 2.30. The molecule has 0 atom stereocenters. The second-order valence-corrected chi connectivity index (χ2v) is 6.62. The number of hydrogen-bond acceptors (Lipinski definition) is 6. The minimum Gasteiger partial charge on any atom is -0.406 e. The van der Waals surface area contributed by atoms with Crippen LogP contribution in [0, 0.1) is 0 Å². The van der Waals surface area contributed by atoms with Crippen LogP contribution < -0.4 is 10.3 Å². The lowest BCUT2D eigenvalue weighted by atomic mass is 10.1. The third-order valence-corrected chi connectivity index (χ3v) is 4.52. The minimum atomic E-state index is -4.73. The first-order valence-electron chi connectivity index (χ1n) is 8.82. The van der Waals surface area contributed by atoms with E-state index in [9.17, 15) is 18.0 Å². The van der Waals surface area contributed by atoms with Crippen molar-refractivity contribution in [3.05, 3.63) is 70.2 Å². The molecule has 0 unspecified atom stereocenters. The molecule has 0 saturated heterocycles. The molecule has 29 heavy (non-hydrogen) atoms. The monoisotopic (exact) mass is 403 g/mol. The van der Waals surface area contributed by atoms with Crippen molar-refractivity contribution in [1.29, 1.82) is 0 Å². The van der Waals surface area contributed by atoms with E-state index in [-0.39, 0.29) is 11.3 Å². The molecule has 2 aromatic heterocycles. The third kappa shape index (κ3) is 4.60. The van der Waals surface area contributed by atoms with Crippen molar-refractivity contribution in [1.82, 2.24) is 24.8 Å². The lowest BCUT2D eigenvalue weighted by Crippen LogP contribution is -2.35. The van der Waals surface area contributed by atoms with Crippen LogP contribution in [0.2, 0.25) is 0 Å². The zero-order chi connectivity index (χ0) is 20.4. The molecule has 7 nitrogen and oxygen atoms in total. The zero-order valence-electron chi connectivity index (χ0n) is 15.1. The SMILES string of the molecule is O=c1[nH]c(-c2cncnc2)nc2c1CN(Cc1cccc(OC(F)(F)F)c1)CC2. The van der Waals surface area contributed by atoms with Gasteiger partial charge in [0.1, 0.15) is 17.9 Å². The van der Waals surface area contributed by atoms with Crippen LogP contribution in [0.1, 0.15) is 16.8 Å². The molecule has 1 aliphatic rings. The van der Waals surface area contributed by atoms with Gasteiger partial charge in [-0.1, -0.05) is 12.1 Å². The van der Waals surface area contributed by atoms with E-state index in [2.05, 4.69) is 24.7 Å². The number of alkyl halides is 3. The fraction of sp³-hybridized carbons (Fsp3) is 0.263. The Labute approximate surface area is 163 Å². The summed E-state index contributed by atoms with van der Waals surface area (Å²) in [6.07, 6.45) is 0.361. The summed E-state index contributed by atoms with van der Waals surface area (Å²) in [5, 5.41) is 0. The molecule has 10 heteroatoms. The number of halogens is 3. The van der Waals surface area contributed by atoms with E-state index in [4.69, 9.17) is 0 Å². The van der Waals surface area contributed by atoms with Crippen LogP contribution in [-0.2, 0) is 19.5 Å². The van der Waals surface area contributed by atoms with Gasteiger partial charge in [-0.3, -0.25) is 9.69 Å². The van der Waals surface area contributed by atoms with E-state index >= 15 is 0 Å². The van der Waals surface area contributed by atoms with E-state index in [1.807, 2.05) is 4.90 Å². The Morgan fingerprint density at radius 1 is 1.21 bits per heavy atom. The number of nitrogens with one attached hydrogen (secondary N) is 1. The first kappa shape index (κ1) is 19.1. The van der Waals surface area contributed by atoms with Gasteiger partial charge in [-0.25, -0.2) is 15.0 Å². The first-order chi connectivity index (χ1) is 13.9. The average Bonchev–Trinajstić information content (AvgIpc) is 2.68. The van der Waals surface area contributed by atoms with E-state index in [0.29, 0.717) is 54.3 Å². The Kier molecular flexibility index (Phi) is 5.01. The summed E-state index contributed by atoms with van der Waals surface area (Å²) >= 11 is 0. The lowest BCUT2D eigenvalue weighted by molar-refractivity contribution is -0.274. The fourth-order valence-electron chi connectivity index (χ4n) is 3.27. The summed E-state index contributed by atoms with van der Waals surface area (Å²) in [7, 11) is 0. The Hall–Kier alpha value is -3.27. The summed E-state index contributed by atoms with van der Waals surface area (Å²) in [4.78, 5) is 29.7. The van der Waals surface area contributed by atoms with Crippen molar-refractivity contribution in [3.8, 4) is 17.1 Å². The van der Waals surface area contributed by atoms with Gasteiger partial charge in [0, 0.05) is 38.4 Å². The van der Waals surface area contributed by atoms with Crippen LogP contribution in [0.4, 0.5) is 13.2 Å². The molecule has 0 aliphatic carbocycles. The third-order valence-electron chi connectivity index (χ3n) is 4.52. The first-order valence-corrected chi connectivity index (χ1v) is 8.82. The summed E-state index contributed by atoms with van der Waals surface area (Å²) in [5.74, 6) is 0.154. The number of ether oxygens (including phenoxy) is 1. The molecule has 1 aromatic carbocycles. The van der Waals surface area contributed by atoms with Gasteiger partial charge in [-0.2, -0.15) is 0 Å². The average molecular weight is 403 g/mol. The van der Waals surface area contributed by atoms with Gasteiger partial charge in [-0.15, -0.1) is 13.2 Å². The number of hydrogen-bond donors (Lipinski definition) is 1. The lowest BCUT2D eigenvalue weighted by Gasteiger charge is -2.27. The van der Waals surface area contributed by atoms with Crippen LogP contribution >= 0.6 is 0 Å².